The molecule has 0 aliphatic heterocycles. The summed E-state index contributed by atoms with van der Waals surface area (Å²) in [6.07, 6.45) is 1.53. The lowest BCUT2D eigenvalue weighted by atomic mass is 10.0. The van der Waals surface area contributed by atoms with Gasteiger partial charge in [0.15, 0.2) is 0 Å². The molecule has 6 heteroatoms. The van der Waals surface area contributed by atoms with E-state index in [0.29, 0.717) is 10.9 Å². The third-order valence-electron chi connectivity index (χ3n) is 3.48. The van der Waals surface area contributed by atoms with Crippen molar-refractivity contribution in [1.29, 1.82) is 0 Å². The van der Waals surface area contributed by atoms with Gasteiger partial charge in [0.2, 0.25) is 0 Å². The molecular weight excluding hydrogens is 401 g/mol. The Balaban J connectivity index is 2.28. The number of hydrogen-bond donors (Lipinski definition) is 1. The molecule has 2 N–H and O–H groups in total. The van der Waals surface area contributed by atoms with Crippen LogP contribution in [-0.2, 0) is 19.4 Å². The number of benzene rings is 1. The van der Waals surface area contributed by atoms with Gasteiger partial charge in [0.1, 0.15) is 5.82 Å². The van der Waals surface area contributed by atoms with Crippen molar-refractivity contribution in [3.05, 3.63) is 49.9 Å². The number of nitrogens with two attached hydrogens (primary N) is 1. The summed E-state index contributed by atoms with van der Waals surface area (Å²) in [4.78, 5) is 0. The number of rotatable bonds is 5. The Bertz CT molecular complexity index is 640. The van der Waals surface area contributed by atoms with E-state index in [0.717, 1.165) is 34.4 Å². The molecule has 21 heavy (non-hydrogen) atoms. The maximum absolute atomic E-state index is 13.3. The molecule has 0 aliphatic carbocycles. The van der Waals surface area contributed by atoms with Gasteiger partial charge >= 0.3 is 0 Å². The van der Waals surface area contributed by atoms with E-state index in [2.05, 4.69) is 50.8 Å². The molecule has 0 fully saturated rings. The van der Waals surface area contributed by atoms with Gasteiger partial charge in [0.05, 0.1) is 20.3 Å². The van der Waals surface area contributed by atoms with E-state index in [4.69, 9.17) is 5.73 Å². The molecule has 114 valence electrons. The third-order valence-corrected chi connectivity index (χ3v) is 5.00. The molecule has 1 aromatic carbocycles. The van der Waals surface area contributed by atoms with E-state index in [-0.39, 0.29) is 11.9 Å². The van der Waals surface area contributed by atoms with Gasteiger partial charge in [-0.05, 0) is 62.9 Å². The SMILES string of the molecule is CCc1nn(CC)c(CC(N)c2ccc(F)c(Br)c2)c1Br. The molecular formula is C15H18Br2FN3. The Labute approximate surface area is 141 Å². The average molecular weight is 419 g/mol. The highest BCUT2D eigenvalue weighted by Gasteiger charge is 2.18. The summed E-state index contributed by atoms with van der Waals surface area (Å²) < 4.78 is 16.8. The van der Waals surface area contributed by atoms with E-state index in [1.165, 1.54) is 6.07 Å². The van der Waals surface area contributed by atoms with E-state index in [9.17, 15) is 4.39 Å². The predicted molar refractivity (Wildman–Crippen MR) is 89.7 cm³/mol. The van der Waals surface area contributed by atoms with Crippen LogP contribution in [0.2, 0.25) is 0 Å². The lowest BCUT2D eigenvalue weighted by Gasteiger charge is -2.14. The molecule has 1 atom stereocenters. The molecule has 0 saturated heterocycles. The summed E-state index contributed by atoms with van der Waals surface area (Å²) in [5, 5.41) is 4.57. The molecule has 0 saturated carbocycles. The molecule has 2 aromatic rings. The summed E-state index contributed by atoms with van der Waals surface area (Å²) in [6.45, 7) is 4.93. The molecule has 0 bridgehead atoms. The van der Waals surface area contributed by atoms with Gasteiger partial charge in [-0.25, -0.2) is 4.39 Å². The van der Waals surface area contributed by atoms with Crippen LogP contribution in [0.1, 0.15) is 36.8 Å². The second-order valence-electron chi connectivity index (χ2n) is 4.86. The predicted octanol–water partition coefficient (Wildman–Crippen LogP) is 4.37. The Hall–Kier alpha value is -0.720. The van der Waals surface area contributed by atoms with Crippen molar-refractivity contribution >= 4 is 31.9 Å². The average Bonchev–Trinajstić information content (AvgIpc) is 2.78. The van der Waals surface area contributed by atoms with Crippen LogP contribution in [-0.4, -0.2) is 9.78 Å². The first kappa shape index (κ1) is 16.6. The number of aryl methyl sites for hydroxylation is 2. The van der Waals surface area contributed by atoms with Crippen LogP contribution in [0.25, 0.3) is 0 Å². The highest BCUT2D eigenvalue weighted by Crippen LogP contribution is 2.28. The molecule has 2 rings (SSSR count). The zero-order valence-electron chi connectivity index (χ0n) is 12.0. The molecule has 3 nitrogen and oxygen atoms in total. The van der Waals surface area contributed by atoms with Crippen molar-refractivity contribution in [2.45, 2.75) is 39.3 Å². The number of nitrogens with zero attached hydrogens (tertiary/aromatic N) is 2. The first-order chi connectivity index (χ1) is 9.97. The normalized spacial score (nSPS) is 12.7. The molecule has 0 aliphatic rings. The monoisotopic (exact) mass is 417 g/mol. The van der Waals surface area contributed by atoms with Crippen LogP contribution in [0.5, 0.6) is 0 Å². The zero-order valence-corrected chi connectivity index (χ0v) is 15.2. The van der Waals surface area contributed by atoms with E-state index in [1.54, 1.807) is 12.1 Å². The van der Waals surface area contributed by atoms with E-state index in [1.807, 2.05) is 4.68 Å². The van der Waals surface area contributed by atoms with Crippen molar-refractivity contribution < 1.29 is 4.39 Å². The van der Waals surface area contributed by atoms with Crippen LogP contribution in [0.15, 0.2) is 27.1 Å². The van der Waals surface area contributed by atoms with Crippen molar-refractivity contribution in [3.63, 3.8) is 0 Å². The van der Waals surface area contributed by atoms with E-state index >= 15 is 0 Å². The summed E-state index contributed by atoms with van der Waals surface area (Å²) in [5.41, 5.74) is 9.31. The minimum atomic E-state index is -0.279. The van der Waals surface area contributed by atoms with Gasteiger partial charge < -0.3 is 5.73 Å². The van der Waals surface area contributed by atoms with Crippen LogP contribution in [0.3, 0.4) is 0 Å². The van der Waals surface area contributed by atoms with E-state index < -0.39 is 0 Å². The van der Waals surface area contributed by atoms with Gasteiger partial charge in [0, 0.05) is 19.0 Å². The number of hydrogen-bond acceptors (Lipinski definition) is 2. The highest BCUT2D eigenvalue weighted by molar-refractivity contribution is 9.10. The molecule has 1 aromatic heterocycles. The molecule has 0 amide bonds. The summed E-state index contributed by atoms with van der Waals surface area (Å²) in [7, 11) is 0. The fourth-order valence-corrected chi connectivity index (χ4v) is 3.40. The molecule has 1 unspecified atom stereocenters. The van der Waals surface area contributed by atoms with Gasteiger partial charge in [-0.1, -0.05) is 13.0 Å². The molecule has 0 radical (unpaired) electrons. The van der Waals surface area contributed by atoms with Gasteiger partial charge in [-0.15, -0.1) is 0 Å². The van der Waals surface area contributed by atoms with Crippen LogP contribution >= 0.6 is 31.9 Å². The first-order valence-electron chi connectivity index (χ1n) is 6.92. The van der Waals surface area contributed by atoms with Crippen LogP contribution in [0.4, 0.5) is 4.39 Å². The standard InChI is InChI=1S/C15H18Br2FN3/c1-3-13-15(17)14(21(4-2)20-13)8-12(19)9-5-6-11(18)10(16)7-9/h5-7,12H,3-4,8,19H2,1-2H3. The lowest BCUT2D eigenvalue weighted by molar-refractivity contribution is 0.582. The van der Waals surface area contributed by atoms with Gasteiger partial charge in [0.25, 0.3) is 0 Å². The Morgan fingerprint density at radius 2 is 2.05 bits per heavy atom. The highest BCUT2D eigenvalue weighted by atomic mass is 79.9. The Morgan fingerprint density at radius 3 is 2.62 bits per heavy atom. The van der Waals surface area contributed by atoms with Crippen molar-refractivity contribution in [3.8, 4) is 0 Å². The zero-order chi connectivity index (χ0) is 15.6. The second-order valence-corrected chi connectivity index (χ2v) is 6.51. The van der Waals surface area contributed by atoms with Crippen molar-refractivity contribution in [2.24, 2.45) is 5.73 Å². The quantitative estimate of drug-likeness (QED) is 0.783. The van der Waals surface area contributed by atoms with Crippen molar-refractivity contribution in [2.75, 3.05) is 0 Å². The molecule has 0 spiro atoms. The molecule has 1 heterocycles. The lowest BCUT2D eigenvalue weighted by Crippen LogP contribution is -2.16. The largest absolute Gasteiger partial charge is 0.324 e. The summed E-state index contributed by atoms with van der Waals surface area (Å²) in [5.74, 6) is -0.279. The number of halogens is 3. The van der Waals surface area contributed by atoms with Crippen molar-refractivity contribution in [1.82, 2.24) is 9.78 Å². The van der Waals surface area contributed by atoms with Crippen LogP contribution in [0, 0.1) is 5.82 Å². The van der Waals surface area contributed by atoms with Crippen LogP contribution < -0.4 is 5.73 Å². The fourth-order valence-electron chi connectivity index (χ4n) is 2.28. The smallest absolute Gasteiger partial charge is 0.137 e. The Kier molecular flexibility index (Phi) is 5.57. The number of aromatic nitrogens is 2. The second kappa shape index (κ2) is 7.03. The maximum atomic E-state index is 13.3. The fraction of sp³-hybridized carbons (Fsp3) is 0.400. The minimum Gasteiger partial charge on any atom is -0.324 e. The maximum Gasteiger partial charge on any atom is 0.137 e. The van der Waals surface area contributed by atoms with Gasteiger partial charge in [-0.3, -0.25) is 4.68 Å². The third kappa shape index (κ3) is 3.55. The Morgan fingerprint density at radius 1 is 1.33 bits per heavy atom. The summed E-state index contributed by atoms with van der Waals surface area (Å²) in [6, 6.07) is 4.70. The topological polar surface area (TPSA) is 43.8 Å². The first-order valence-corrected chi connectivity index (χ1v) is 8.51. The minimum absolute atomic E-state index is 0.204. The van der Waals surface area contributed by atoms with Gasteiger partial charge in [-0.2, -0.15) is 5.10 Å². The summed E-state index contributed by atoms with van der Waals surface area (Å²) >= 11 is 6.82.